The number of benzene rings is 2. The molecule has 0 saturated heterocycles. The van der Waals surface area contributed by atoms with Crippen molar-refractivity contribution in [1.82, 2.24) is 9.72 Å². The van der Waals surface area contributed by atoms with E-state index in [1.54, 1.807) is 24.3 Å². The second-order valence-corrected chi connectivity index (χ2v) is 7.38. The highest BCUT2D eigenvalue weighted by molar-refractivity contribution is 5.99. The molecule has 0 aliphatic carbocycles. The average molecular weight is 420 g/mol. The van der Waals surface area contributed by atoms with E-state index in [-0.39, 0.29) is 24.6 Å². The van der Waals surface area contributed by atoms with Gasteiger partial charge in [0, 0.05) is 28.9 Å². The van der Waals surface area contributed by atoms with Gasteiger partial charge in [0.05, 0.1) is 6.42 Å². The van der Waals surface area contributed by atoms with Gasteiger partial charge in [-0.2, -0.15) is 0 Å². The fourth-order valence-electron chi connectivity index (χ4n) is 3.58. The van der Waals surface area contributed by atoms with Gasteiger partial charge in [-0.15, -0.1) is 0 Å². The molecular formula is C24H21FN2O4. The number of carbonyl (C=O) groups excluding carboxylic acids is 2. The summed E-state index contributed by atoms with van der Waals surface area (Å²) in [4.78, 5) is 24.9. The van der Waals surface area contributed by atoms with E-state index in [9.17, 15) is 14.0 Å². The van der Waals surface area contributed by atoms with Crippen molar-refractivity contribution in [2.75, 3.05) is 6.61 Å². The molecule has 4 aromatic rings. The molecule has 0 N–H and O–H groups in total. The van der Waals surface area contributed by atoms with Gasteiger partial charge in [0.2, 0.25) is 5.78 Å². The minimum Gasteiger partial charge on any atom is -0.457 e. The molecule has 0 aliphatic rings. The Hall–Kier alpha value is -3.74. The smallest absolute Gasteiger partial charge is 0.312 e. The Morgan fingerprint density at radius 1 is 1.10 bits per heavy atom. The van der Waals surface area contributed by atoms with Crippen molar-refractivity contribution < 1.29 is 23.2 Å². The van der Waals surface area contributed by atoms with Gasteiger partial charge in [-0.3, -0.25) is 9.59 Å². The number of fused-ring (bicyclic) bond motifs is 1. The predicted octanol–water partition coefficient (Wildman–Crippen LogP) is 4.40. The van der Waals surface area contributed by atoms with Crippen LogP contribution in [0.2, 0.25) is 0 Å². The fraction of sp³-hybridized carbons (Fsp3) is 0.208. The number of esters is 1. The Balaban J connectivity index is 1.40. The maximum absolute atomic E-state index is 13.1. The monoisotopic (exact) mass is 420 g/mol. The molecule has 0 spiro atoms. The van der Waals surface area contributed by atoms with Gasteiger partial charge < -0.3 is 13.8 Å². The van der Waals surface area contributed by atoms with Crippen LogP contribution in [0, 0.1) is 19.7 Å². The summed E-state index contributed by atoms with van der Waals surface area (Å²) >= 11 is 0. The van der Waals surface area contributed by atoms with Crippen LogP contribution >= 0.6 is 0 Å². The lowest BCUT2D eigenvalue weighted by Crippen LogP contribution is -2.16. The molecule has 2 aromatic carbocycles. The number of ketones is 1. The minimum atomic E-state index is -0.549. The van der Waals surface area contributed by atoms with Gasteiger partial charge in [-0.1, -0.05) is 29.4 Å². The van der Waals surface area contributed by atoms with Crippen LogP contribution in [0.3, 0.4) is 0 Å². The van der Waals surface area contributed by atoms with Crippen molar-refractivity contribution in [3.8, 4) is 0 Å². The van der Waals surface area contributed by atoms with Crippen molar-refractivity contribution >= 4 is 22.7 Å². The molecule has 0 aliphatic heterocycles. The first-order chi connectivity index (χ1) is 14.9. The molecule has 158 valence electrons. The van der Waals surface area contributed by atoms with Crippen molar-refractivity contribution in [2.45, 2.75) is 26.8 Å². The lowest BCUT2D eigenvalue weighted by molar-refractivity contribution is -0.141. The number of aryl methyl sites for hydroxylation is 1. The molecule has 0 bridgehead atoms. The summed E-state index contributed by atoms with van der Waals surface area (Å²) < 4.78 is 25.5. The SMILES string of the molecule is Cc1cc(C(=O)COC(=O)Cc2noc3ccccc23)c(C)n1Cc1ccc(F)cc1. The first-order valence-electron chi connectivity index (χ1n) is 9.85. The van der Waals surface area contributed by atoms with E-state index >= 15 is 0 Å². The third-order valence-corrected chi connectivity index (χ3v) is 5.26. The van der Waals surface area contributed by atoms with Crippen molar-refractivity contribution in [3.63, 3.8) is 0 Å². The normalized spacial score (nSPS) is 11.1. The van der Waals surface area contributed by atoms with Gasteiger partial charge >= 0.3 is 5.97 Å². The maximum atomic E-state index is 13.1. The summed E-state index contributed by atoms with van der Waals surface area (Å²) in [5.74, 6) is -1.12. The Labute approximate surface area is 178 Å². The molecule has 0 atom stereocenters. The summed E-state index contributed by atoms with van der Waals surface area (Å²) in [6.45, 7) is 3.90. The van der Waals surface area contributed by atoms with Crippen molar-refractivity contribution in [2.24, 2.45) is 0 Å². The Kier molecular flexibility index (Phi) is 5.66. The molecule has 0 fully saturated rings. The van der Waals surface area contributed by atoms with Gasteiger partial charge in [0.1, 0.15) is 11.5 Å². The molecule has 0 saturated carbocycles. The zero-order valence-electron chi connectivity index (χ0n) is 17.2. The lowest BCUT2D eigenvalue weighted by atomic mass is 10.1. The second kappa shape index (κ2) is 8.55. The Morgan fingerprint density at radius 2 is 1.84 bits per heavy atom. The molecule has 4 rings (SSSR count). The van der Waals surface area contributed by atoms with Crippen LogP contribution in [-0.4, -0.2) is 28.1 Å². The van der Waals surface area contributed by atoms with E-state index in [2.05, 4.69) is 5.16 Å². The fourth-order valence-corrected chi connectivity index (χ4v) is 3.58. The number of para-hydroxylation sites is 1. The van der Waals surface area contributed by atoms with E-state index in [1.165, 1.54) is 12.1 Å². The van der Waals surface area contributed by atoms with Gasteiger partial charge in [0.25, 0.3) is 0 Å². The number of hydrogen-bond donors (Lipinski definition) is 0. The third kappa shape index (κ3) is 4.40. The number of nitrogens with zero attached hydrogens (tertiary/aromatic N) is 2. The summed E-state index contributed by atoms with van der Waals surface area (Å²) in [6, 6.07) is 15.3. The molecule has 2 heterocycles. The number of carbonyl (C=O) groups is 2. The largest absolute Gasteiger partial charge is 0.457 e. The van der Waals surface area contributed by atoms with Crippen molar-refractivity contribution in [3.05, 3.63) is 88.6 Å². The van der Waals surface area contributed by atoms with Crippen LogP contribution in [0.25, 0.3) is 11.0 Å². The van der Waals surface area contributed by atoms with E-state index in [0.29, 0.717) is 23.4 Å². The van der Waals surface area contributed by atoms with Gasteiger partial charge in [0.15, 0.2) is 12.2 Å². The summed E-state index contributed by atoms with van der Waals surface area (Å²) in [5, 5.41) is 4.65. The van der Waals surface area contributed by atoms with E-state index in [1.807, 2.05) is 36.6 Å². The highest BCUT2D eigenvalue weighted by Gasteiger charge is 2.19. The number of hydrogen-bond acceptors (Lipinski definition) is 5. The third-order valence-electron chi connectivity index (χ3n) is 5.26. The number of Topliss-reactive ketones (excluding diaryl/α,β-unsaturated/α-hetero) is 1. The number of aromatic nitrogens is 2. The molecule has 31 heavy (non-hydrogen) atoms. The lowest BCUT2D eigenvalue weighted by Gasteiger charge is -2.10. The van der Waals surface area contributed by atoms with Crippen LogP contribution in [0.5, 0.6) is 0 Å². The van der Waals surface area contributed by atoms with Crippen LogP contribution < -0.4 is 0 Å². The van der Waals surface area contributed by atoms with Gasteiger partial charge in [-0.25, -0.2) is 4.39 Å². The highest BCUT2D eigenvalue weighted by atomic mass is 19.1. The zero-order valence-corrected chi connectivity index (χ0v) is 17.2. The molecule has 0 radical (unpaired) electrons. The first kappa shape index (κ1) is 20.5. The molecule has 2 aromatic heterocycles. The Bertz CT molecular complexity index is 1250. The number of ether oxygens (including phenoxy) is 1. The molecule has 0 amide bonds. The minimum absolute atomic E-state index is 0.0755. The van der Waals surface area contributed by atoms with Crippen LogP contribution in [0.15, 0.2) is 59.1 Å². The molecule has 0 unspecified atom stereocenters. The van der Waals surface area contributed by atoms with E-state index < -0.39 is 5.97 Å². The standard InChI is InChI=1S/C24H21FN2O4/c1-15-11-20(16(2)27(15)13-17-7-9-18(25)10-8-17)22(28)14-30-24(29)12-21-19-5-3-4-6-23(19)31-26-21/h3-11H,12-14H2,1-2H3. The Morgan fingerprint density at radius 3 is 2.61 bits per heavy atom. The zero-order chi connectivity index (χ0) is 22.0. The summed E-state index contributed by atoms with van der Waals surface area (Å²) in [5.41, 5.74) is 4.16. The highest BCUT2D eigenvalue weighted by Crippen LogP contribution is 2.20. The second-order valence-electron chi connectivity index (χ2n) is 7.38. The van der Waals surface area contributed by atoms with Crippen molar-refractivity contribution in [1.29, 1.82) is 0 Å². The number of halogens is 1. The van der Waals surface area contributed by atoms with Crippen LogP contribution in [-0.2, 0) is 22.5 Å². The average Bonchev–Trinajstić information content (AvgIpc) is 3.29. The van der Waals surface area contributed by atoms with Gasteiger partial charge in [-0.05, 0) is 49.7 Å². The predicted molar refractivity (Wildman–Crippen MR) is 112 cm³/mol. The van der Waals surface area contributed by atoms with E-state index in [4.69, 9.17) is 9.26 Å². The van der Waals surface area contributed by atoms with Crippen LogP contribution in [0.4, 0.5) is 4.39 Å². The summed E-state index contributed by atoms with van der Waals surface area (Å²) in [6.07, 6.45) is -0.0755. The quantitative estimate of drug-likeness (QED) is 0.327. The molecule has 7 heteroatoms. The topological polar surface area (TPSA) is 74.3 Å². The molecule has 6 nitrogen and oxygen atoms in total. The van der Waals surface area contributed by atoms with Crippen LogP contribution in [0.1, 0.15) is 33.0 Å². The summed E-state index contributed by atoms with van der Waals surface area (Å²) in [7, 11) is 0. The molecular weight excluding hydrogens is 399 g/mol. The first-order valence-corrected chi connectivity index (χ1v) is 9.85. The van der Waals surface area contributed by atoms with E-state index in [0.717, 1.165) is 22.3 Å². The maximum Gasteiger partial charge on any atom is 0.312 e. The number of rotatable bonds is 7.